The van der Waals surface area contributed by atoms with E-state index in [1.54, 1.807) is 6.08 Å². The minimum absolute atomic E-state index is 0.249. The fourth-order valence-corrected chi connectivity index (χ4v) is 12.3. The van der Waals surface area contributed by atoms with Crippen molar-refractivity contribution >= 4 is 5.91 Å². The molecule has 0 saturated carbocycles. The maximum atomic E-state index is 13.3. The van der Waals surface area contributed by atoms with Gasteiger partial charge in [0.25, 0.3) is 0 Å². The normalized spacial score (nSPS) is 23.3. The van der Waals surface area contributed by atoms with Crippen LogP contribution in [-0.4, -0.2) is 140 Å². The molecule has 0 aliphatic carbocycles. The van der Waals surface area contributed by atoms with E-state index in [1.165, 1.54) is 250 Å². The van der Waals surface area contributed by atoms with Crippen LogP contribution < -0.4 is 5.32 Å². The van der Waals surface area contributed by atoms with Gasteiger partial charge in [-0.05, 0) is 70.6 Å². The summed E-state index contributed by atoms with van der Waals surface area (Å²) in [6, 6.07) is -0.937. The van der Waals surface area contributed by atoms with E-state index >= 15 is 0 Å². The van der Waals surface area contributed by atoms with Crippen molar-refractivity contribution in [2.45, 2.75) is 402 Å². The Morgan fingerprint density at radius 3 is 1.11 bits per heavy atom. The van der Waals surface area contributed by atoms with Crippen molar-refractivity contribution in [2.75, 3.05) is 19.8 Å². The molecule has 0 aromatic rings. The first-order valence-corrected chi connectivity index (χ1v) is 37.4. The van der Waals surface area contributed by atoms with Crippen LogP contribution in [0.25, 0.3) is 0 Å². The van der Waals surface area contributed by atoms with Crippen molar-refractivity contribution in [2.24, 2.45) is 0 Å². The number of allylic oxidation sites excluding steroid dienone is 7. The first-order valence-electron chi connectivity index (χ1n) is 37.4. The summed E-state index contributed by atoms with van der Waals surface area (Å²) in [5.41, 5.74) is 0. The Hall–Kier alpha value is -2.05. The molecule has 89 heavy (non-hydrogen) atoms. The van der Waals surface area contributed by atoms with Crippen molar-refractivity contribution in [3.63, 3.8) is 0 Å². The third kappa shape index (κ3) is 43.5. The molecule has 1 amide bonds. The number of unbranched alkanes of at least 4 members (excludes halogenated alkanes) is 43. The van der Waals surface area contributed by atoms with E-state index in [0.29, 0.717) is 12.8 Å². The summed E-state index contributed by atoms with van der Waals surface area (Å²) in [7, 11) is 0. The van der Waals surface area contributed by atoms with Crippen LogP contribution in [0.3, 0.4) is 0 Å². The van der Waals surface area contributed by atoms with Gasteiger partial charge in [0, 0.05) is 6.42 Å². The molecule has 12 unspecified atom stereocenters. The van der Waals surface area contributed by atoms with E-state index in [2.05, 4.69) is 55.6 Å². The third-order valence-corrected chi connectivity index (χ3v) is 18.2. The molecule has 2 saturated heterocycles. The molecule has 2 aliphatic heterocycles. The van der Waals surface area contributed by atoms with Gasteiger partial charge in [0.2, 0.25) is 5.91 Å². The SMILES string of the molecule is CCCCCC/C=C/CC/C=C/CC/C=C/C(O)C(COC1OC(CO)C(OC2OC(CO)C(O)C(O)C2O)C(O)C1O)NC(=O)CCCCCCCCCCCCCCCCCCCCCCCCCCCCCCC/C=C\CCCCCCCCCC. The predicted molar refractivity (Wildman–Crippen MR) is 364 cm³/mol. The Kier molecular flexibility index (Phi) is 55.7. The van der Waals surface area contributed by atoms with Gasteiger partial charge in [-0.3, -0.25) is 4.79 Å². The minimum Gasteiger partial charge on any atom is -0.394 e. The quantitative estimate of drug-likeness (QED) is 0.0204. The Bertz CT molecular complexity index is 1680. The Labute approximate surface area is 543 Å². The smallest absolute Gasteiger partial charge is 0.220 e. The molecular weight excluding hydrogens is 1120 g/mol. The van der Waals surface area contributed by atoms with Gasteiger partial charge in [-0.1, -0.05) is 300 Å². The molecule has 2 aliphatic rings. The van der Waals surface area contributed by atoms with Crippen molar-refractivity contribution in [1.29, 1.82) is 0 Å². The molecule has 12 atom stereocenters. The summed E-state index contributed by atoms with van der Waals surface area (Å²) in [4.78, 5) is 13.3. The number of amides is 1. The first-order chi connectivity index (χ1) is 43.6. The fraction of sp³-hybridized carbons (Fsp3) is 0.880. The lowest BCUT2D eigenvalue weighted by atomic mass is 9.97. The van der Waals surface area contributed by atoms with Crippen LogP contribution in [0.2, 0.25) is 0 Å². The van der Waals surface area contributed by atoms with Crippen molar-refractivity contribution < 1.29 is 64.6 Å². The van der Waals surface area contributed by atoms with Gasteiger partial charge < -0.3 is 65.1 Å². The van der Waals surface area contributed by atoms with Crippen LogP contribution in [0.15, 0.2) is 48.6 Å². The minimum atomic E-state index is -1.79. The molecule has 0 bridgehead atoms. The van der Waals surface area contributed by atoms with Crippen LogP contribution in [0.5, 0.6) is 0 Å². The second kappa shape index (κ2) is 59.7. The van der Waals surface area contributed by atoms with Crippen molar-refractivity contribution in [3.05, 3.63) is 48.6 Å². The van der Waals surface area contributed by atoms with E-state index in [1.807, 2.05) is 6.08 Å². The van der Waals surface area contributed by atoms with Gasteiger partial charge in [0.1, 0.15) is 48.8 Å². The molecule has 9 N–H and O–H groups in total. The largest absolute Gasteiger partial charge is 0.394 e. The lowest BCUT2D eigenvalue weighted by molar-refractivity contribution is -0.359. The van der Waals surface area contributed by atoms with Gasteiger partial charge in [-0.2, -0.15) is 0 Å². The van der Waals surface area contributed by atoms with Crippen LogP contribution in [0, 0.1) is 0 Å². The summed E-state index contributed by atoms with van der Waals surface area (Å²) in [6.45, 7) is 2.77. The molecule has 0 spiro atoms. The van der Waals surface area contributed by atoms with Crippen LogP contribution >= 0.6 is 0 Å². The zero-order chi connectivity index (χ0) is 64.5. The molecule has 0 radical (unpaired) electrons. The van der Waals surface area contributed by atoms with Crippen LogP contribution in [0.4, 0.5) is 0 Å². The fourth-order valence-electron chi connectivity index (χ4n) is 12.3. The summed E-state index contributed by atoms with van der Waals surface area (Å²) < 4.78 is 22.8. The number of nitrogens with one attached hydrogen (secondary N) is 1. The van der Waals surface area contributed by atoms with Gasteiger partial charge in [0.05, 0.1) is 32.0 Å². The van der Waals surface area contributed by atoms with E-state index in [-0.39, 0.29) is 18.9 Å². The second-order valence-electron chi connectivity index (χ2n) is 26.4. The molecule has 2 fully saturated rings. The molecule has 0 aromatic carbocycles. The highest BCUT2D eigenvalue weighted by Crippen LogP contribution is 2.30. The Morgan fingerprint density at radius 2 is 0.719 bits per heavy atom. The summed E-state index contributed by atoms with van der Waals surface area (Å²) in [5, 5.41) is 87.2. The molecule has 14 heteroatoms. The molecule has 2 rings (SSSR count). The van der Waals surface area contributed by atoms with E-state index in [0.717, 1.165) is 44.9 Å². The summed E-state index contributed by atoms with van der Waals surface area (Å²) in [5.74, 6) is -0.249. The molecule has 14 nitrogen and oxygen atoms in total. The first kappa shape index (κ1) is 83.0. The monoisotopic (exact) mass is 1260 g/mol. The average molecular weight is 1260 g/mol. The number of rotatable bonds is 62. The molecular formula is C75H139NO13. The lowest BCUT2D eigenvalue weighted by Crippen LogP contribution is -2.65. The number of hydrogen-bond donors (Lipinski definition) is 9. The number of aliphatic hydroxyl groups is 8. The topological polar surface area (TPSA) is 228 Å². The Balaban J connectivity index is 1.53. The van der Waals surface area contributed by atoms with Crippen LogP contribution in [0.1, 0.15) is 328 Å². The highest BCUT2D eigenvalue weighted by atomic mass is 16.7. The average Bonchev–Trinajstić information content (AvgIpc) is 3.06. The highest BCUT2D eigenvalue weighted by molar-refractivity contribution is 5.76. The molecule has 522 valence electrons. The van der Waals surface area contributed by atoms with Gasteiger partial charge in [-0.25, -0.2) is 0 Å². The second-order valence-corrected chi connectivity index (χ2v) is 26.4. The third-order valence-electron chi connectivity index (χ3n) is 18.2. The van der Waals surface area contributed by atoms with Gasteiger partial charge in [0.15, 0.2) is 12.6 Å². The number of aliphatic hydroxyl groups excluding tert-OH is 8. The van der Waals surface area contributed by atoms with E-state index in [9.17, 15) is 45.6 Å². The number of carbonyl (C=O) groups is 1. The maximum Gasteiger partial charge on any atom is 0.220 e. The molecule has 2 heterocycles. The van der Waals surface area contributed by atoms with E-state index in [4.69, 9.17) is 18.9 Å². The predicted octanol–water partition coefficient (Wildman–Crippen LogP) is 15.9. The van der Waals surface area contributed by atoms with Crippen molar-refractivity contribution in [1.82, 2.24) is 5.32 Å². The van der Waals surface area contributed by atoms with Gasteiger partial charge in [-0.15, -0.1) is 0 Å². The maximum absolute atomic E-state index is 13.3. The number of ether oxygens (including phenoxy) is 4. The number of hydrogen-bond acceptors (Lipinski definition) is 13. The Morgan fingerprint density at radius 1 is 0.393 bits per heavy atom. The summed E-state index contributed by atoms with van der Waals surface area (Å²) >= 11 is 0. The zero-order valence-corrected chi connectivity index (χ0v) is 56.9. The standard InChI is InChI=1S/C75H139NO13/c1-3-5-7-9-11-13-15-17-19-20-21-22-23-24-25-26-27-28-29-30-31-32-33-34-35-36-37-38-39-40-41-42-43-44-45-47-49-51-53-55-57-59-67(80)76-63(64(79)58-56-54-52-50-48-46-18-16-14-12-10-8-6-4-2)62-86-74-72(85)70(83)73(66(61-78)88-74)89-75-71(84)69(82)68(81)65(60-77)87-75/h14,16,20-21,48,50,56,58,63-66,68-75,77-79,81-85H,3-13,15,17-19,22-47,49,51-55,57,59-62H2,1-2H3,(H,76,80)/b16-14+,21-20-,50-48+,58-56+. The zero-order valence-electron chi connectivity index (χ0n) is 56.9. The molecule has 0 aromatic heterocycles. The number of carbonyl (C=O) groups excluding carboxylic acids is 1. The van der Waals surface area contributed by atoms with E-state index < -0.39 is 86.8 Å². The summed E-state index contributed by atoms with van der Waals surface area (Å²) in [6.07, 6.45) is 62.3. The van der Waals surface area contributed by atoms with Crippen molar-refractivity contribution in [3.8, 4) is 0 Å². The van der Waals surface area contributed by atoms with Crippen LogP contribution in [-0.2, 0) is 23.7 Å². The highest BCUT2D eigenvalue weighted by Gasteiger charge is 2.51. The lowest BCUT2D eigenvalue weighted by Gasteiger charge is -2.46. The van der Waals surface area contributed by atoms with Gasteiger partial charge >= 0.3 is 0 Å².